The summed E-state index contributed by atoms with van der Waals surface area (Å²) in [7, 11) is 0. The first kappa shape index (κ1) is 16.7. The van der Waals surface area contributed by atoms with E-state index in [1.165, 1.54) is 17.8 Å². The predicted octanol–water partition coefficient (Wildman–Crippen LogP) is 2.23. The largest absolute Gasteiger partial charge is 0.301 e. The lowest BCUT2D eigenvalue weighted by Gasteiger charge is -2.25. The number of aromatic nitrogens is 2. The lowest BCUT2D eigenvalue weighted by Crippen LogP contribution is -2.43. The number of rotatable bonds is 8. The summed E-state index contributed by atoms with van der Waals surface area (Å²) in [5.74, 6) is 0.835. The summed E-state index contributed by atoms with van der Waals surface area (Å²) in [6.45, 7) is 6.64. The number of aromatic amines is 1. The Kier molecular flexibility index (Phi) is 6.76. The summed E-state index contributed by atoms with van der Waals surface area (Å²) < 4.78 is 0. The predicted molar refractivity (Wildman–Crippen MR) is 81.9 cm³/mol. The van der Waals surface area contributed by atoms with Gasteiger partial charge in [0.1, 0.15) is 5.54 Å². The monoisotopic (exact) mass is 294 g/mol. The van der Waals surface area contributed by atoms with E-state index in [9.17, 15) is 10.1 Å². The van der Waals surface area contributed by atoms with Crippen molar-refractivity contribution in [3.8, 4) is 6.07 Å². The van der Waals surface area contributed by atoms with Gasteiger partial charge in [0.2, 0.25) is 0 Å². The SMILES string of the molecule is CCNC(C#N)(CC)CCCSc1nc(C)cc(=O)[nH]1. The van der Waals surface area contributed by atoms with Gasteiger partial charge in [-0.25, -0.2) is 4.98 Å². The fourth-order valence-electron chi connectivity index (χ4n) is 2.07. The van der Waals surface area contributed by atoms with Gasteiger partial charge in [0.05, 0.1) is 6.07 Å². The number of nitrogens with zero attached hydrogens (tertiary/aromatic N) is 2. The van der Waals surface area contributed by atoms with Crippen LogP contribution in [0.5, 0.6) is 0 Å². The number of H-pyrrole nitrogens is 1. The van der Waals surface area contributed by atoms with Crippen LogP contribution < -0.4 is 10.9 Å². The van der Waals surface area contributed by atoms with E-state index in [0.29, 0.717) is 5.16 Å². The van der Waals surface area contributed by atoms with Crippen LogP contribution in [0.3, 0.4) is 0 Å². The minimum atomic E-state index is -0.428. The maximum atomic E-state index is 11.3. The standard InChI is InChI=1S/C14H22N4OS/c1-4-14(10-15,16-5-2)7-6-8-20-13-17-11(3)9-12(19)18-13/h9,16H,4-8H2,1-3H3,(H,17,18,19). The zero-order valence-corrected chi connectivity index (χ0v) is 13.1. The average Bonchev–Trinajstić information content (AvgIpc) is 2.41. The smallest absolute Gasteiger partial charge is 0.251 e. The van der Waals surface area contributed by atoms with Crippen LogP contribution in [-0.4, -0.2) is 27.8 Å². The molecule has 0 aliphatic heterocycles. The van der Waals surface area contributed by atoms with Gasteiger partial charge in [-0.1, -0.05) is 25.6 Å². The van der Waals surface area contributed by atoms with Crippen molar-refractivity contribution in [3.63, 3.8) is 0 Å². The summed E-state index contributed by atoms with van der Waals surface area (Å²) in [6, 6.07) is 3.87. The first-order valence-electron chi connectivity index (χ1n) is 6.92. The molecule has 1 unspecified atom stereocenters. The van der Waals surface area contributed by atoms with Crippen LogP contribution >= 0.6 is 11.8 Å². The molecule has 0 saturated carbocycles. The van der Waals surface area contributed by atoms with E-state index in [0.717, 1.165) is 37.3 Å². The molecule has 0 aromatic carbocycles. The van der Waals surface area contributed by atoms with Gasteiger partial charge < -0.3 is 4.98 Å². The molecule has 0 aliphatic carbocycles. The van der Waals surface area contributed by atoms with Gasteiger partial charge in [-0.15, -0.1) is 0 Å². The van der Waals surface area contributed by atoms with Crippen molar-refractivity contribution in [1.82, 2.24) is 15.3 Å². The van der Waals surface area contributed by atoms with Gasteiger partial charge in [-0.3, -0.25) is 10.1 Å². The molecule has 0 bridgehead atoms. The van der Waals surface area contributed by atoms with E-state index in [2.05, 4.69) is 21.4 Å². The first-order valence-corrected chi connectivity index (χ1v) is 7.91. The van der Waals surface area contributed by atoms with Crippen molar-refractivity contribution in [1.29, 1.82) is 5.26 Å². The molecule has 0 aliphatic rings. The second-order valence-corrected chi connectivity index (χ2v) is 5.81. The van der Waals surface area contributed by atoms with E-state index in [4.69, 9.17) is 0 Å². The number of hydrogen-bond acceptors (Lipinski definition) is 5. The highest BCUT2D eigenvalue weighted by Gasteiger charge is 2.25. The third-order valence-corrected chi connectivity index (χ3v) is 4.13. The number of thioether (sulfide) groups is 1. The van der Waals surface area contributed by atoms with Crippen molar-refractivity contribution in [3.05, 3.63) is 22.1 Å². The van der Waals surface area contributed by atoms with Crippen molar-refractivity contribution in [2.75, 3.05) is 12.3 Å². The minimum Gasteiger partial charge on any atom is -0.301 e. The maximum Gasteiger partial charge on any atom is 0.251 e. The highest BCUT2D eigenvalue weighted by Crippen LogP contribution is 2.20. The average molecular weight is 294 g/mol. The van der Waals surface area contributed by atoms with Gasteiger partial charge in [0, 0.05) is 17.5 Å². The van der Waals surface area contributed by atoms with E-state index < -0.39 is 5.54 Å². The fourth-order valence-corrected chi connectivity index (χ4v) is 2.93. The Bertz CT molecular complexity index is 523. The van der Waals surface area contributed by atoms with Crippen LogP contribution in [0.25, 0.3) is 0 Å². The molecule has 1 rings (SSSR count). The second-order valence-electron chi connectivity index (χ2n) is 4.72. The van der Waals surface area contributed by atoms with Gasteiger partial charge >= 0.3 is 0 Å². The van der Waals surface area contributed by atoms with Crippen molar-refractivity contribution < 1.29 is 0 Å². The highest BCUT2D eigenvalue weighted by molar-refractivity contribution is 7.99. The third kappa shape index (κ3) is 4.99. The molecule has 0 fully saturated rings. The van der Waals surface area contributed by atoms with Crippen molar-refractivity contribution in [2.45, 2.75) is 50.7 Å². The quantitative estimate of drug-likeness (QED) is 0.436. The number of nitrogens with one attached hydrogen (secondary N) is 2. The Morgan fingerprint density at radius 2 is 2.30 bits per heavy atom. The van der Waals surface area contributed by atoms with E-state index in [-0.39, 0.29) is 5.56 Å². The van der Waals surface area contributed by atoms with Gasteiger partial charge in [0.25, 0.3) is 5.56 Å². The molecular formula is C14H22N4OS. The number of hydrogen-bond donors (Lipinski definition) is 2. The first-order chi connectivity index (χ1) is 9.55. The molecule has 6 heteroatoms. The van der Waals surface area contributed by atoms with Gasteiger partial charge in [0.15, 0.2) is 5.16 Å². The molecule has 1 heterocycles. The van der Waals surface area contributed by atoms with Crippen LogP contribution in [-0.2, 0) is 0 Å². The van der Waals surface area contributed by atoms with E-state index in [1.807, 2.05) is 20.8 Å². The molecular weight excluding hydrogens is 272 g/mol. The molecule has 0 spiro atoms. The molecule has 20 heavy (non-hydrogen) atoms. The van der Waals surface area contributed by atoms with Gasteiger partial charge in [-0.2, -0.15) is 5.26 Å². The normalized spacial score (nSPS) is 13.7. The molecule has 5 nitrogen and oxygen atoms in total. The molecule has 0 radical (unpaired) electrons. The molecule has 1 aromatic heterocycles. The zero-order valence-electron chi connectivity index (χ0n) is 12.3. The molecule has 1 aromatic rings. The van der Waals surface area contributed by atoms with Crippen LogP contribution in [0.1, 0.15) is 38.8 Å². The van der Waals surface area contributed by atoms with Crippen LogP contribution in [0.15, 0.2) is 16.0 Å². The maximum absolute atomic E-state index is 11.3. The Balaban J connectivity index is 2.48. The number of nitriles is 1. The summed E-state index contributed by atoms with van der Waals surface area (Å²) in [5.41, 5.74) is 0.180. The van der Waals surface area contributed by atoms with Crippen molar-refractivity contribution in [2.24, 2.45) is 0 Å². The lowest BCUT2D eigenvalue weighted by molar-refractivity contribution is 0.379. The summed E-state index contributed by atoms with van der Waals surface area (Å²) in [6.07, 6.45) is 2.50. The molecule has 1 atom stereocenters. The summed E-state index contributed by atoms with van der Waals surface area (Å²) in [4.78, 5) is 18.3. The van der Waals surface area contributed by atoms with Crippen LogP contribution in [0, 0.1) is 18.3 Å². The van der Waals surface area contributed by atoms with Gasteiger partial charge in [-0.05, 0) is 32.7 Å². The lowest BCUT2D eigenvalue weighted by atomic mass is 9.92. The number of aryl methyl sites for hydroxylation is 1. The minimum absolute atomic E-state index is 0.118. The highest BCUT2D eigenvalue weighted by atomic mass is 32.2. The fraction of sp³-hybridized carbons (Fsp3) is 0.643. The summed E-state index contributed by atoms with van der Waals surface area (Å²) >= 11 is 1.52. The molecule has 0 saturated heterocycles. The van der Waals surface area contributed by atoms with Crippen molar-refractivity contribution >= 4 is 11.8 Å². The Morgan fingerprint density at radius 3 is 2.85 bits per heavy atom. The third-order valence-electron chi connectivity index (χ3n) is 3.17. The topological polar surface area (TPSA) is 81.6 Å². The molecule has 2 N–H and O–H groups in total. The second kappa shape index (κ2) is 8.08. The molecule has 0 amide bonds. The van der Waals surface area contributed by atoms with E-state index >= 15 is 0 Å². The van der Waals surface area contributed by atoms with E-state index in [1.54, 1.807) is 0 Å². The summed E-state index contributed by atoms with van der Waals surface area (Å²) in [5, 5.41) is 13.2. The van der Waals surface area contributed by atoms with Crippen LogP contribution in [0.4, 0.5) is 0 Å². The Morgan fingerprint density at radius 1 is 1.55 bits per heavy atom. The molecule has 110 valence electrons. The van der Waals surface area contributed by atoms with Crippen LogP contribution in [0.2, 0.25) is 0 Å². The Labute approximate surface area is 124 Å². The Hall–Kier alpha value is -1.32. The zero-order chi connectivity index (χ0) is 15.0.